The van der Waals surface area contributed by atoms with Gasteiger partial charge in [-0.05, 0) is 0 Å². The van der Waals surface area contributed by atoms with Gasteiger partial charge in [0.05, 0.1) is 0 Å². The second kappa shape index (κ2) is 9.40. The van der Waals surface area contributed by atoms with E-state index in [1.165, 1.54) is 32.9 Å². The van der Waals surface area contributed by atoms with Gasteiger partial charge < -0.3 is 5.11 Å². The molecular weight excluding hydrogens is 578 g/mol. The van der Waals surface area contributed by atoms with Crippen LogP contribution < -0.4 is 3.53 Å². The van der Waals surface area contributed by atoms with E-state index in [-0.39, 0.29) is 0 Å². The molecule has 0 spiro atoms. The fourth-order valence-electron chi connectivity index (χ4n) is 3.74. The number of carboxylic acids is 1. The van der Waals surface area contributed by atoms with Crippen molar-refractivity contribution in [2.75, 3.05) is 24.1 Å². The van der Waals surface area contributed by atoms with Gasteiger partial charge in [-0.1, -0.05) is 0 Å². The summed E-state index contributed by atoms with van der Waals surface area (Å²) in [6.45, 7) is 4.41. The minimum atomic E-state index is -0.928. The summed E-state index contributed by atoms with van der Waals surface area (Å²) >= 11 is 1.45. The summed E-state index contributed by atoms with van der Waals surface area (Å²) in [5, 5.41) is 9.00. The van der Waals surface area contributed by atoms with Gasteiger partial charge in [-0.2, -0.15) is 0 Å². The number of piperidine rings is 1. The molecule has 2 aliphatic rings. The Bertz CT molecular complexity index is 802. The van der Waals surface area contributed by atoms with Crippen LogP contribution in [0.4, 0.5) is 0 Å². The predicted molar refractivity (Wildman–Crippen MR) is 130 cm³/mol. The molecule has 0 aromatic heterocycles. The van der Waals surface area contributed by atoms with Crippen molar-refractivity contribution in [3.8, 4) is 0 Å². The third-order valence-corrected chi connectivity index (χ3v) is 11.4. The molecule has 2 aliphatic heterocycles. The van der Waals surface area contributed by atoms with Gasteiger partial charge in [0.1, 0.15) is 0 Å². The Morgan fingerprint density at radius 2 is 1.79 bits per heavy atom. The molecule has 2 N–H and O–H groups in total. The molecule has 2 aromatic rings. The van der Waals surface area contributed by atoms with Crippen molar-refractivity contribution >= 4 is 48.7 Å². The Labute approximate surface area is 188 Å². The second-order valence-corrected chi connectivity index (χ2v) is 14.3. The first-order chi connectivity index (χ1) is 13.6. The number of benzene rings is 2. The number of alkyl halides is 2. The second-order valence-electron chi connectivity index (χ2n) is 7.63. The van der Waals surface area contributed by atoms with Gasteiger partial charge in [0.15, 0.2) is 0 Å². The van der Waals surface area contributed by atoms with Crippen molar-refractivity contribution in [1.82, 2.24) is 8.43 Å². The number of rotatable bonds is 7. The van der Waals surface area contributed by atoms with Crippen LogP contribution in [0, 0.1) is 9.49 Å². The summed E-state index contributed by atoms with van der Waals surface area (Å²) in [6.07, 6.45) is 2.52. The van der Waals surface area contributed by atoms with Gasteiger partial charge in [0.2, 0.25) is 0 Å². The number of nitrogens with zero attached hydrogens (tertiary/aromatic N) is 1. The molecule has 6 heteroatoms. The molecule has 4 nitrogen and oxygen atoms in total. The van der Waals surface area contributed by atoms with E-state index in [0.29, 0.717) is 5.56 Å². The van der Waals surface area contributed by atoms with Crippen LogP contribution in [0.15, 0.2) is 48.5 Å². The number of likely N-dealkylation sites (tertiary alicyclic amines) is 1. The maximum absolute atomic E-state index is 11.0. The number of nitrogens with one attached hydrogen (secondary N) is 1. The van der Waals surface area contributed by atoms with Gasteiger partial charge in [-0.3, -0.25) is 0 Å². The third-order valence-electron chi connectivity index (χ3n) is 5.60. The molecule has 2 fully saturated rings. The first-order valence-electron chi connectivity index (χ1n) is 9.76. The van der Waals surface area contributed by atoms with Crippen LogP contribution in [0.1, 0.15) is 38.3 Å². The fraction of sp³-hybridized carbons (Fsp3) is 0.409. The van der Waals surface area contributed by atoms with Crippen LogP contribution in [0.3, 0.4) is 0 Å². The van der Waals surface area contributed by atoms with Crippen molar-refractivity contribution in [2.24, 2.45) is 5.92 Å². The third kappa shape index (κ3) is 5.46. The summed E-state index contributed by atoms with van der Waals surface area (Å²) < 4.78 is 7.55. The topological polar surface area (TPSA) is 52.6 Å². The molecule has 4 rings (SSSR count). The fourth-order valence-corrected chi connectivity index (χ4v) is 9.68. The zero-order chi connectivity index (χ0) is 19.5. The molecule has 2 heterocycles. The standard InChI is InChI=1S/C22H26I2N2O2/c23-20-7-5-18(6-8-20)21-13-24(21)25-14-16-9-11-26(12-10-16)15-17-1-3-19(4-2-17)22(27)28/h1-8,16,21,25H,9-15H2,(H,27,28)/t21-/m1/s1. The zero-order valence-electron chi connectivity index (χ0n) is 15.8. The first kappa shape index (κ1) is 20.6. The molecule has 0 unspecified atom stereocenters. The molecule has 0 radical (unpaired) electrons. The number of hydrogen-bond acceptors (Lipinski definition) is 3. The van der Waals surface area contributed by atoms with E-state index in [1.54, 1.807) is 17.7 Å². The summed E-state index contributed by atoms with van der Waals surface area (Å²) in [6, 6.07) is 16.4. The number of aromatic carboxylic acids is 1. The van der Waals surface area contributed by atoms with E-state index in [1.807, 2.05) is 12.1 Å². The number of halogens is 2. The molecule has 2 aromatic carbocycles. The molecule has 1 atom stereocenters. The van der Waals surface area contributed by atoms with E-state index < -0.39 is 26.1 Å². The average molecular weight is 604 g/mol. The van der Waals surface area contributed by atoms with Gasteiger partial charge >= 0.3 is 179 Å². The van der Waals surface area contributed by atoms with Crippen molar-refractivity contribution in [3.63, 3.8) is 0 Å². The van der Waals surface area contributed by atoms with Crippen LogP contribution in [0.2, 0.25) is 0 Å². The van der Waals surface area contributed by atoms with Gasteiger partial charge in [-0.15, -0.1) is 0 Å². The minimum absolute atomic E-state index is 0.363. The van der Waals surface area contributed by atoms with Crippen LogP contribution in [-0.2, 0) is 6.54 Å². The molecule has 2 saturated heterocycles. The van der Waals surface area contributed by atoms with E-state index in [2.05, 4.69) is 55.3 Å². The zero-order valence-corrected chi connectivity index (χ0v) is 20.1. The van der Waals surface area contributed by atoms with Gasteiger partial charge in [0.25, 0.3) is 0 Å². The SMILES string of the molecule is O=C(O)c1ccc(CN2CCC(CNI3C[C@@H]3c3ccc(I)cc3)CC2)cc1. The van der Waals surface area contributed by atoms with Crippen LogP contribution >= 0.6 is 42.7 Å². The first-order valence-corrected chi connectivity index (χ1v) is 14.7. The Kier molecular flexibility index (Phi) is 6.90. The molecule has 0 saturated carbocycles. The van der Waals surface area contributed by atoms with Crippen molar-refractivity contribution in [3.05, 3.63) is 68.8 Å². The molecule has 0 bridgehead atoms. The molecule has 0 aliphatic carbocycles. The van der Waals surface area contributed by atoms with Crippen LogP contribution in [0.5, 0.6) is 0 Å². The monoisotopic (exact) mass is 604 g/mol. The molecule has 0 amide bonds. The normalized spacial score (nSPS) is 21.6. The Morgan fingerprint density at radius 3 is 2.43 bits per heavy atom. The van der Waals surface area contributed by atoms with Crippen molar-refractivity contribution < 1.29 is 9.90 Å². The summed E-state index contributed by atoms with van der Waals surface area (Å²) in [4.78, 5) is 13.4. The number of carbonyl (C=O) groups is 1. The maximum atomic E-state index is 11.0. The summed E-state index contributed by atoms with van der Waals surface area (Å²) in [5.41, 5.74) is 3.11. The van der Waals surface area contributed by atoms with E-state index in [9.17, 15) is 4.79 Å². The Balaban J connectivity index is 1.17. The van der Waals surface area contributed by atoms with E-state index >= 15 is 0 Å². The molecule has 150 valence electrons. The average Bonchev–Trinajstić information content (AvgIpc) is 3.48. The van der Waals surface area contributed by atoms with Crippen molar-refractivity contribution in [1.29, 1.82) is 0 Å². The van der Waals surface area contributed by atoms with Crippen molar-refractivity contribution in [2.45, 2.75) is 23.3 Å². The molecule has 28 heavy (non-hydrogen) atoms. The number of hydrogen-bond donors (Lipinski definition) is 2. The van der Waals surface area contributed by atoms with E-state index in [4.69, 9.17) is 5.11 Å². The molecular formula is C22H26I2N2O2. The predicted octanol–water partition coefficient (Wildman–Crippen LogP) is 4.97. The van der Waals surface area contributed by atoms with E-state index in [0.717, 1.165) is 29.5 Å². The van der Waals surface area contributed by atoms with Crippen LogP contribution in [-0.4, -0.2) is 40.0 Å². The summed E-state index contributed by atoms with van der Waals surface area (Å²) in [7, 11) is 0. The Morgan fingerprint density at radius 1 is 1.11 bits per heavy atom. The quantitative estimate of drug-likeness (QED) is 0.267. The van der Waals surface area contributed by atoms with Crippen LogP contribution in [0.25, 0.3) is 0 Å². The summed E-state index contributed by atoms with van der Waals surface area (Å²) in [5.74, 6) is -0.0512. The number of carboxylic acid groups (broad SMARTS) is 1. The van der Waals surface area contributed by atoms with Gasteiger partial charge in [0, 0.05) is 0 Å². The van der Waals surface area contributed by atoms with Gasteiger partial charge in [-0.25, -0.2) is 4.79 Å². The Hall–Kier alpha value is -0.710.